The maximum Gasteiger partial charge on any atom is 0.420 e. The van der Waals surface area contributed by atoms with Gasteiger partial charge in [-0.15, -0.1) is 0 Å². The van der Waals surface area contributed by atoms with Crippen LogP contribution in [0.1, 0.15) is 24.0 Å². The number of hydrogen-bond donors (Lipinski definition) is 3. The van der Waals surface area contributed by atoms with E-state index >= 15 is 0 Å². The summed E-state index contributed by atoms with van der Waals surface area (Å²) in [7, 11) is 1.95. The third kappa shape index (κ3) is 6.12. The van der Waals surface area contributed by atoms with Gasteiger partial charge in [-0.3, -0.25) is 0 Å². The number of carbonyl (C=O) groups excluding carboxylic acids is 1. The van der Waals surface area contributed by atoms with E-state index in [2.05, 4.69) is 25.5 Å². The molecule has 2 amide bonds. The van der Waals surface area contributed by atoms with Gasteiger partial charge >= 0.3 is 12.2 Å². The number of aromatic nitrogens is 2. The average Bonchev–Trinajstić information content (AvgIpc) is 3.29. The summed E-state index contributed by atoms with van der Waals surface area (Å²) >= 11 is 0. The van der Waals surface area contributed by atoms with E-state index in [4.69, 9.17) is 9.47 Å². The zero-order valence-corrected chi connectivity index (χ0v) is 21.7. The second-order valence-corrected chi connectivity index (χ2v) is 9.66. The summed E-state index contributed by atoms with van der Waals surface area (Å²) in [5.41, 5.74) is 0.231. The van der Waals surface area contributed by atoms with Crippen LogP contribution in [0, 0.1) is 12.7 Å². The first kappa shape index (κ1) is 27.3. The predicted molar refractivity (Wildman–Crippen MR) is 143 cm³/mol. The van der Waals surface area contributed by atoms with E-state index in [1.54, 1.807) is 18.5 Å². The topological polar surface area (TPSA) is 91.5 Å². The molecule has 0 saturated carbocycles. The first-order valence-electron chi connectivity index (χ1n) is 12.6. The van der Waals surface area contributed by atoms with Crippen LogP contribution in [0.3, 0.4) is 0 Å². The molecule has 210 valence electrons. The van der Waals surface area contributed by atoms with Gasteiger partial charge in [0.1, 0.15) is 34.8 Å². The van der Waals surface area contributed by atoms with Crippen molar-refractivity contribution in [3.8, 4) is 17.2 Å². The van der Waals surface area contributed by atoms with Crippen molar-refractivity contribution in [3.63, 3.8) is 0 Å². The van der Waals surface area contributed by atoms with Gasteiger partial charge in [-0.2, -0.15) is 13.2 Å². The van der Waals surface area contributed by atoms with Crippen LogP contribution < -0.4 is 20.1 Å². The van der Waals surface area contributed by atoms with Crippen molar-refractivity contribution in [3.05, 3.63) is 71.8 Å². The number of piperidine rings is 1. The van der Waals surface area contributed by atoms with Crippen LogP contribution >= 0.6 is 0 Å². The molecule has 1 fully saturated rings. The van der Waals surface area contributed by atoms with Gasteiger partial charge in [-0.25, -0.2) is 14.2 Å². The second-order valence-electron chi connectivity index (χ2n) is 9.66. The molecule has 4 aromatic rings. The molecule has 2 aromatic carbocycles. The number of aryl methyl sites for hydroxylation is 1. The number of nitrogens with one attached hydrogen (secondary N) is 3. The van der Waals surface area contributed by atoms with E-state index in [1.165, 1.54) is 24.3 Å². The fourth-order valence-corrected chi connectivity index (χ4v) is 4.56. The van der Waals surface area contributed by atoms with E-state index in [1.807, 2.05) is 14.0 Å². The van der Waals surface area contributed by atoms with Crippen LogP contribution in [0.15, 0.2) is 54.9 Å². The Kier molecular flexibility index (Phi) is 7.53. The van der Waals surface area contributed by atoms with Gasteiger partial charge in [0.15, 0.2) is 0 Å². The molecule has 0 spiro atoms. The van der Waals surface area contributed by atoms with E-state index in [0.717, 1.165) is 36.2 Å². The number of fused-ring (bicyclic) bond motifs is 1. The highest BCUT2D eigenvalue weighted by atomic mass is 19.4. The minimum Gasteiger partial charge on any atom is -0.490 e. The van der Waals surface area contributed by atoms with E-state index < -0.39 is 23.6 Å². The number of alkyl halides is 3. The molecule has 3 heterocycles. The van der Waals surface area contributed by atoms with E-state index in [9.17, 15) is 22.4 Å². The number of benzene rings is 2. The SMILES string of the molecule is Cc1c[nH]c2nccc(Oc3ccc(NC(=O)Nc4ccc(OC5CCN(C)CC5)c(C(F)(F)F)c4)c(F)c3)c12. The maximum atomic E-state index is 14.8. The summed E-state index contributed by atoms with van der Waals surface area (Å²) in [5, 5.41) is 5.39. The van der Waals surface area contributed by atoms with Crippen molar-refractivity contribution < 1.29 is 31.8 Å². The van der Waals surface area contributed by atoms with Crippen molar-refractivity contribution in [1.29, 1.82) is 0 Å². The molecule has 0 atom stereocenters. The van der Waals surface area contributed by atoms with Gasteiger partial charge in [-0.1, -0.05) is 0 Å². The molecule has 3 N–H and O–H groups in total. The lowest BCUT2D eigenvalue weighted by molar-refractivity contribution is -0.139. The number of aromatic amines is 1. The number of H-pyrrole nitrogens is 1. The van der Waals surface area contributed by atoms with Gasteiger partial charge in [0.2, 0.25) is 0 Å². The Morgan fingerprint density at radius 3 is 2.58 bits per heavy atom. The molecule has 2 aromatic heterocycles. The average molecular weight is 558 g/mol. The highest BCUT2D eigenvalue weighted by Crippen LogP contribution is 2.39. The quantitative estimate of drug-likeness (QED) is 0.224. The highest BCUT2D eigenvalue weighted by Gasteiger charge is 2.36. The summed E-state index contributed by atoms with van der Waals surface area (Å²) in [6.45, 7) is 3.35. The van der Waals surface area contributed by atoms with Crippen LogP contribution in [0.2, 0.25) is 0 Å². The number of rotatable bonds is 6. The smallest absolute Gasteiger partial charge is 0.420 e. The Morgan fingerprint density at radius 2 is 1.85 bits per heavy atom. The van der Waals surface area contributed by atoms with Gasteiger partial charge in [0.05, 0.1) is 16.6 Å². The first-order valence-corrected chi connectivity index (χ1v) is 12.6. The molecule has 0 unspecified atom stereocenters. The number of carbonyl (C=O) groups is 1. The number of halogens is 4. The van der Waals surface area contributed by atoms with Crippen LogP contribution in [0.5, 0.6) is 17.2 Å². The summed E-state index contributed by atoms with van der Waals surface area (Å²) in [6.07, 6.45) is -0.456. The summed E-state index contributed by atoms with van der Waals surface area (Å²) in [5.74, 6) is -0.422. The monoisotopic (exact) mass is 557 g/mol. The number of likely N-dealkylation sites (tertiary alicyclic amines) is 1. The Morgan fingerprint density at radius 1 is 1.07 bits per heavy atom. The lowest BCUT2D eigenvalue weighted by Crippen LogP contribution is -2.36. The van der Waals surface area contributed by atoms with E-state index in [0.29, 0.717) is 24.2 Å². The Bertz CT molecular complexity index is 1530. The lowest BCUT2D eigenvalue weighted by Gasteiger charge is -2.30. The lowest BCUT2D eigenvalue weighted by atomic mass is 10.1. The highest BCUT2D eigenvalue weighted by molar-refractivity contribution is 6.00. The standard InChI is InChI=1S/C28H27F4N5O3/c1-16-15-34-26-25(16)24(7-10-33-26)40-19-4-5-22(21(29)14-19)36-27(38)35-17-3-6-23(20(13-17)28(30,31)32)39-18-8-11-37(2)12-9-18/h3-7,10,13-15,18H,8-9,11-12H2,1-2H3,(H,33,34)(H2,35,36,38). The molecule has 40 heavy (non-hydrogen) atoms. The number of ether oxygens (including phenoxy) is 2. The predicted octanol–water partition coefficient (Wildman–Crippen LogP) is 6.94. The number of anilines is 2. The number of nitrogens with zero attached hydrogens (tertiary/aromatic N) is 2. The molecular formula is C28H27F4N5O3. The largest absolute Gasteiger partial charge is 0.490 e. The first-order chi connectivity index (χ1) is 19.1. The summed E-state index contributed by atoms with van der Waals surface area (Å²) < 4.78 is 67.6. The molecule has 0 radical (unpaired) electrons. The third-order valence-electron chi connectivity index (χ3n) is 6.65. The molecule has 1 aliphatic heterocycles. The zero-order valence-electron chi connectivity index (χ0n) is 21.7. The van der Waals surface area contributed by atoms with Crippen molar-refractivity contribution in [2.24, 2.45) is 0 Å². The number of urea groups is 1. The fourth-order valence-electron chi connectivity index (χ4n) is 4.56. The van der Waals surface area contributed by atoms with Gasteiger partial charge in [-0.05, 0) is 68.8 Å². The number of amides is 2. The van der Waals surface area contributed by atoms with Gasteiger partial charge in [0, 0.05) is 37.2 Å². The molecule has 5 rings (SSSR count). The van der Waals surface area contributed by atoms with E-state index in [-0.39, 0.29) is 29.0 Å². The Hall–Kier alpha value is -4.32. The number of pyridine rings is 1. The Balaban J connectivity index is 1.26. The summed E-state index contributed by atoms with van der Waals surface area (Å²) in [4.78, 5) is 21.8. The van der Waals surface area contributed by atoms with Crippen LogP contribution in [-0.4, -0.2) is 47.1 Å². The third-order valence-corrected chi connectivity index (χ3v) is 6.65. The molecule has 8 nitrogen and oxygen atoms in total. The fraction of sp³-hybridized carbons (Fsp3) is 0.286. The maximum absolute atomic E-state index is 14.8. The van der Waals surface area contributed by atoms with Crippen molar-refractivity contribution >= 4 is 28.4 Å². The Labute approximate surface area is 227 Å². The number of hydrogen-bond acceptors (Lipinski definition) is 5. The molecule has 12 heteroatoms. The van der Waals surface area contributed by atoms with Gasteiger partial charge in [0.25, 0.3) is 0 Å². The van der Waals surface area contributed by atoms with Crippen molar-refractivity contribution in [2.75, 3.05) is 30.8 Å². The molecule has 0 aliphatic carbocycles. The molecule has 1 aliphatic rings. The van der Waals surface area contributed by atoms with Crippen LogP contribution in [0.4, 0.5) is 33.7 Å². The summed E-state index contributed by atoms with van der Waals surface area (Å²) in [6, 6.07) is 7.90. The van der Waals surface area contributed by atoms with Crippen LogP contribution in [0.25, 0.3) is 11.0 Å². The molecule has 0 bridgehead atoms. The molecule has 1 saturated heterocycles. The van der Waals surface area contributed by atoms with Gasteiger partial charge < -0.3 is 30.0 Å². The van der Waals surface area contributed by atoms with Crippen LogP contribution in [-0.2, 0) is 6.18 Å². The second kappa shape index (κ2) is 11.0. The van der Waals surface area contributed by atoms with Crippen molar-refractivity contribution in [2.45, 2.75) is 32.0 Å². The molecular weight excluding hydrogens is 530 g/mol. The minimum absolute atomic E-state index is 0.121. The minimum atomic E-state index is -4.70. The zero-order chi connectivity index (χ0) is 28.4. The van der Waals surface area contributed by atoms with Crippen molar-refractivity contribution in [1.82, 2.24) is 14.9 Å². The normalized spacial score (nSPS) is 14.8.